The summed E-state index contributed by atoms with van der Waals surface area (Å²) >= 11 is 1.99. The molecule has 4 rings (SSSR count). The van der Waals surface area contributed by atoms with E-state index in [1.807, 2.05) is 11.3 Å². The van der Waals surface area contributed by atoms with Gasteiger partial charge in [-0.15, -0.1) is 11.3 Å². The first-order chi connectivity index (χ1) is 15.2. The fourth-order valence-corrected chi connectivity index (χ4v) is 6.73. The summed E-state index contributed by atoms with van der Waals surface area (Å²) in [5.41, 5.74) is 20.4. The Morgan fingerprint density at radius 2 is 0.424 bits per heavy atom. The van der Waals surface area contributed by atoms with Gasteiger partial charge in [0.1, 0.15) is 0 Å². The van der Waals surface area contributed by atoms with Crippen molar-refractivity contribution in [3.05, 3.63) is 77.9 Å². The van der Waals surface area contributed by atoms with E-state index in [1.54, 1.807) is 0 Å². The van der Waals surface area contributed by atoms with Gasteiger partial charge in [0.2, 0.25) is 0 Å². The normalized spacial score (nSPS) is 11.3. The fourth-order valence-electron chi connectivity index (χ4n) is 5.20. The lowest BCUT2D eigenvalue weighted by atomic mass is 9.90. The molecular weight excluding hydrogens is 416 g/mol. The summed E-state index contributed by atoms with van der Waals surface area (Å²) in [6.07, 6.45) is 0. The van der Waals surface area contributed by atoms with E-state index in [2.05, 4.69) is 96.9 Å². The molecule has 0 fully saturated rings. The average Bonchev–Trinajstić information content (AvgIpc) is 3.21. The summed E-state index contributed by atoms with van der Waals surface area (Å²) in [7, 11) is 0. The molecule has 0 saturated carbocycles. The van der Waals surface area contributed by atoms with Gasteiger partial charge >= 0.3 is 0 Å². The molecular formula is C32H42S. The lowest BCUT2D eigenvalue weighted by Crippen LogP contribution is -1.98. The van der Waals surface area contributed by atoms with Gasteiger partial charge < -0.3 is 0 Å². The Kier molecular flexibility index (Phi) is 6.89. The molecule has 1 heteroatoms. The van der Waals surface area contributed by atoms with Crippen LogP contribution >= 0.6 is 11.3 Å². The second-order valence-corrected chi connectivity index (χ2v) is 11.3. The molecule has 0 saturated heterocycles. The van der Waals surface area contributed by atoms with Crippen LogP contribution in [0, 0.1) is 96.9 Å². The average molecular weight is 459 g/mol. The molecule has 0 unspecified atom stereocenters. The van der Waals surface area contributed by atoms with E-state index >= 15 is 0 Å². The number of hydrogen-bond acceptors (Lipinski definition) is 1. The van der Waals surface area contributed by atoms with Gasteiger partial charge in [-0.05, 0) is 175 Å². The Balaban J connectivity index is 0.000000218. The van der Waals surface area contributed by atoms with E-state index in [-0.39, 0.29) is 0 Å². The van der Waals surface area contributed by atoms with E-state index in [1.165, 1.54) is 98.1 Å². The van der Waals surface area contributed by atoms with Gasteiger partial charge in [-0.1, -0.05) is 0 Å². The van der Waals surface area contributed by atoms with Crippen LogP contribution < -0.4 is 0 Å². The summed E-state index contributed by atoms with van der Waals surface area (Å²) in [6, 6.07) is 0. The largest absolute Gasteiger partial charge is 0.135 e. The summed E-state index contributed by atoms with van der Waals surface area (Å²) in [4.78, 5) is 0. The molecule has 33 heavy (non-hydrogen) atoms. The number of benzene rings is 3. The maximum atomic E-state index is 2.29. The quantitative estimate of drug-likeness (QED) is 0.246. The number of rotatable bonds is 0. The first-order valence-electron chi connectivity index (χ1n) is 12.2. The zero-order valence-electron chi connectivity index (χ0n) is 23.4. The van der Waals surface area contributed by atoms with Crippen molar-refractivity contribution in [1.29, 1.82) is 0 Å². The van der Waals surface area contributed by atoms with E-state index in [0.717, 1.165) is 0 Å². The Bertz CT molecular complexity index is 1240. The SMILES string of the molecule is Cc1c(C)c(C)c(C)c(C)c1C.Cc1c(C)c(C)c2c(sc3c(C)c(C)c(C)c(C)c32)c1C. The summed E-state index contributed by atoms with van der Waals surface area (Å²) in [5.74, 6) is 0. The Morgan fingerprint density at radius 3 is 0.667 bits per heavy atom. The zero-order chi connectivity index (χ0) is 25.1. The summed E-state index contributed by atoms with van der Waals surface area (Å²) < 4.78 is 2.98. The van der Waals surface area contributed by atoms with Crippen LogP contribution in [0.4, 0.5) is 0 Å². The lowest BCUT2D eigenvalue weighted by molar-refractivity contribution is 1.13. The molecule has 3 aromatic carbocycles. The van der Waals surface area contributed by atoms with E-state index in [9.17, 15) is 0 Å². The lowest BCUT2D eigenvalue weighted by Gasteiger charge is -2.15. The third-order valence-electron chi connectivity index (χ3n) is 9.09. The third kappa shape index (κ3) is 3.83. The van der Waals surface area contributed by atoms with E-state index in [0.29, 0.717) is 0 Å². The minimum Gasteiger partial charge on any atom is -0.135 e. The predicted molar refractivity (Wildman–Crippen MR) is 152 cm³/mol. The standard InChI is InChI=1S/C20H24S.C12H18/c1-9-11(3)15(7)19-17(13(9)5)18-14(6)10(2)12(4)16(8)20(18)21-19;1-7-8(2)10(4)12(6)11(5)9(7)3/h1-8H3;1-6H3. The van der Waals surface area contributed by atoms with E-state index in [4.69, 9.17) is 0 Å². The first-order valence-corrected chi connectivity index (χ1v) is 13.0. The molecule has 0 aliphatic heterocycles. The molecule has 176 valence electrons. The smallest absolute Gasteiger partial charge is 0.0390 e. The highest BCUT2D eigenvalue weighted by Gasteiger charge is 2.19. The van der Waals surface area contributed by atoms with Crippen molar-refractivity contribution in [3.8, 4) is 0 Å². The van der Waals surface area contributed by atoms with Crippen LogP contribution in [0.1, 0.15) is 77.9 Å². The van der Waals surface area contributed by atoms with Crippen LogP contribution in [0.3, 0.4) is 0 Å². The topological polar surface area (TPSA) is 0 Å². The molecule has 0 atom stereocenters. The molecule has 0 spiro atoms. The molecule has 1 aromatic heterocycles. The summed E-state index contributed by atoms with van der Waals surface area (Å²) in [6.45, 7) is 31.5. The molecule has 0 aliphatic carbocycles. The highest BCUT2D eigenvalue weighted by atomic mass is 32.1. The molecule has 0 radical (unpaired) electrons. The van der Waals surface area contributed by atoms with Gasteiger partial charge in [-0.25, -0.2) is 0 Å². The highest BCUT2D eigenvalue weighted by Crippen LogP contribution is 2.44. The molecule has 0 bridgehead atoms. The first kappa shape index (κ1) is 25.5. The van der Waals surface area contributed by atoms with Crippen molar-refractivity contribution in [2.75, 3.05) is 0 Å². The Hall–Kier alpha value is -2.12. The Morgan fingerprint density at radius 1 is 0.242 bits per heavy atom. The van der Waals surface area contributed by atoms with Gasteiger partial charge in [0.15, 0.2) is 0 Å². The zero-order valence-corrected chi connectivity index (χ0v) is 24.2. The van der Waals surface area contributed by atoms with E-state index < -0.39 is 0 Å². The highest BCUT2D eigenvalue weighted by molar-refractivity contribution is 7.26. The maximum Gasteiger partial charge on any atom is 0.0390 e. The van der Waals surface area contributed by atoms with Crippen LogP contribution in [0.15, 0.2) is 0 Å². The minimum atomic E-state index is 1.45. The number of fused-ring (bicyclic) bond motifs is 3. The fraction of sp³-hybridized carbons (Fsp3) is 0.438. The molecule has 1 heterocycles. The van der Waals surface area contributed by atoms with Crippen molar-refractivity contribution in [2.45, 2.75) is 96.9 Å². The number of thiophene rings is 1. The van der Waals surface area contributed by atoms with Crippen molar-refractivity contribution in [3.63, 3.8) is 0 Å². The van der Waals surface area contributed by atoms with Crippen molar-refractivity contribution >= 4 is 31.5 Å². The van der Waals surface area contributed by atoms with Crippen LogP contribution in [0.5, 0.6) is 0 Å². The van der Waals surface area contributed by atoms with Crippen molar-refractivity contribution < 1.29 is 0 Å². The second-order valence-electron chi connectivity index (χ2n) is 10.3. The number of hydrogen-bond donors (Lipinski definition) is 0. The van der Waals surface area contributed by atoms with Gasteiger partial charge in [0, 0.05) is 20.2 Å². The molecule has 0 amide bonds. The summed E-state index contributed by atoms with van der Waals surface area (Å²) in [5, 5.41) is 3.00. The minimum absolute atomic E-state index is 1.45. The molecule has 0 nitrogen and oxygen atoms in total. The molecule has 4 aromatic rings. The predicted octanol–water partition coefficient (Wildman–Crippen LogP) is 10.1. The van der Waals surface area contributed by atoms with Crippen LogP contribution in [-0.4, -0.2) is 0 Å². The molecule has 0 N–H and O–H groups in total. The van der Waals surface area contributed by atoms with Gasteiger partial charge in [-0.3, -0.25) is 0 Å². The third-order valence-corrected chi connectivity index (χ3v) is 10.5. The van der Waals surface area contributed by atoms with Gasteiger partial charge in [0.25, 0.3) is 0 Å². The maximum absolute atomic E-state index is 2.29. The van der Waals surface area contributed by atoms with Crippen molar-refractivity contribution in [1.82, 2.24) is 0 Å². The number of aryl methyl sites for hydroxylation is 4. The van der Waals surface area contributed by atoms with Crippen LogP contribution in [0.2, 0.25) is 0 Å². The molecule has 0 aliphatic rings. The second kappa shape index (κ2) is 8.91. The van der Waals surface area contributed by atoms with Crippen LogP contribution in [0.25, 0.3) is 20.2 Å². The van der Waals surface area contributed by atoms with Gasteiger partial charge in [-0.2, -0.15) is 0 Å². The Labute approximate surface area is 206 Å². The van der Waals surface area contributed by atoms with Crippen LogP contribution in [-0.2, 0) is 0 Å². The van der Waals surface area contributed by atoms with Crippen molar-refractivity contribution in [2.24, 2.45) is 0 Å². The van der Waals surface area contributed by atoms with Gasteiger partial charge in [0.05, 0.1) is 0 Å². The monoisotopic (exact) mass is 458 g/mol.